The molecule has 0 spiro atoms. The second-order valence-corrected chi connectivity index (χ2v) is 6.10. The van der Waals surface area contributed by atoms with Crippen molar-refractivity contribution in [2.75, 3.05) is 11.9 Å². The highest BCUT2D eigenvalue weighted by atomic mass is 35.5. The summed E-state index contributed by atoms with van der Waals surface area (Å²) in [5.41, 5.74) is 0.847. The van der Waals surface area contributed by atoms with Gasteiger partial charge >= 0.3 is 0 Å². The quantitative estimate of drug-likeness (QED) is 0.743. The van der Waals surface area contributed by atoms with Crippen LogP contribution in [0, 0.1) is 5.82 Å². The number of carbonyl (C=O) groups is 1. The summed E-state index contributed by atoms with van der Waals surface area (Å²) in [5, 5.41) is 12.1. The van der Waals surface area contributed by atoms with Crippen LogP contribution >= 0.6 is 22.9 Å². The van der Waals surface area contributed by atoms with Gasteiger partial charge in [-0.25, -0.2) is 4.39 Å². The molecule has 5 nitrogen and oxygen atoms in total. The van der Waals surface area contributed by atoms with Crippen LogP contribution < -0.4 is 10.1 Å². The Bertz CT molecular complexity index is 855. The fraction of sp³-hybridized carbons (Fsp3) is 0.0625. The number of nitrogens with zero attached hydrogens (tertiary/aromatic N) is 2. The first-order chi connectivity index (χ1) is 11.6. The molecule has 0 bridgehead atoms. The summed E-state index contributed by atoms with van der Waals surface area (Å²) in [7, 11) is 0. The minimum Gasteiger partial charge on any atom is -0.481 e. The van der Waals surface area contributed by atoms with Gasteiger partial charge in [0, 0.05) is 10.6 Å². The van der Waals surface area contributed by atoms with Crippen molar-refractivity contribution in [3.8, 4) is 16.3 Å². The molecule has 2 aromatic carbocycles. The van der Waals surface area contributed by atoms with E-state index in [4.69, 9.17) is 16.3 Å². The lowest BCUT2D eigenvalue weighted by molar-refractivity contribution is -0.118. The van der Waals surface area contributed by atoms with Gasteiger partial charge in [0.15, 0.2) is 18.2 Å². The molecule has 1 heterocycles. The van der Waals surface area contributed by atoms with Gasteiger partial charge in [-0.1, -0.05) is 47.2 Å². The number of nitrogens with one attached hydrogen (secondary N) is 1. The van der Waals surface area contributed by atoms with Crippen LogP contribution in [-0.4, -0.2) is 22.7 Å². The van der Waals surface area contributed by atoms with Gasteiger partial charge in [-0.15, -0.1) is 10.2 Å². The third kappa shape index (κ3) is 4.06. The molecule has 0 saturated heterocycles. The lowest BCUT2D eigenvalue weighted by Crippen LogP contribution is -2.20. The fourth-order valence-electron chi connectivity index (χ4n) is 1.84. The van der Waals surface area contributed by atoms with E-state index in [9.17, 15) is 9.18 Å². The average Bonchev–Trinajstić information content (AvgIpc) is 3.03. The lowest BCUT2D eigenvalue weighted by atomic mass is 10.2. The zero-order chi connectivity index (χ0) is 16.9. The number of ether oxygens (including phenoxy) is 1. The number of amides is 1. The highest BCUT2D eigenvalue weighted by Crippen LogP contribution is 2.27. The Hall–Kier alpha value is -2.51. The SMILES string of the molecule is O=C(COc1ccccc1F)Nc1nnc(-c2ccc(Cl)cc2)s1. The Morgan fingerprint density at radius 3 is 2.67 bits per heavy atom. The molecule has 1 amide bonds. The maximum absolute atomic E-state index is 13.4. The first kappa shape index (κ1) is 16.4. The van der Waals surface area contributed by atoms with Crippen LogP contribution in [-0.2, 0) is 4.79 Å². The Morgan fingerprint density at radius 2 is 1.92 bits per heavy atom. The van der Waals surface area contributed by atoms with Crippen molar-refractivity contribution in [2.24, 2.45) is 0 Å². The number of aromatic nitrogens is 2. The van der Waals surface area contributed by atoms with Crippen LogP contribution in [0.15, 0.2) is 48.5 Å². The third-order valence-corrected chi connectivity index (χ3v) is 4.10. The Kier molecular flexibility index (Phi) is 5.02. The van der Waals surface area contributed by atoms with Gasteiger partial charge in [0.2, 0.25) is 5.13 Å². The van der Waals surface area contributed by atoms with E-state index in [1.54, 1.807) is 24.3 Å². The molecule has 3 rings (SSSR count). The number of carbonyl (C=O) groups excluding carboxylic acids is 1. The standard InChI is InChI=1S/C16H11ClFN3O2S/c17-11-7-5-10(6-8-11)15-20-21-16(24-15)19-14(22)9-23-13-4-2-1-3-12(13)18/h1-8H,9H2,(H,19,21,22). The van der Waals surface area contributed by atoms with Crippen LogP contribution in [0.3, 0.4) is 0 Å². The van der Waals surface area contributed by atoms with Crippen LogP contribution in [0.4, 0.5) is 9.52 Å². The summed E-state index contributed by atoms with van der Waals surface area (Å²) in [5.74, 6) is -0.949. The number of halogens is 2. The zero-order valence-electron chi connectivity index (χ0n) is 12.2. The van der Waals surface area contributed by atoms with Gasteiger partial charge in [-0.2, -0.15) is 0 Å². The number of hydrogen-bond acceptors (Lipinski definition) is 5. The molecular weight excluding hydrogens is 353 g/mol. The van der Waals surface area contributed by atoms with Crippen molar-refractivity contribution in [1.82, 2.24) is 10.2 Å². The number of para-hydroxylation sites is 1. The molecule has 0 aliphatic carbocycles. The second kappa shape index (κ2) is 7.37. The molecule has 0 radical (unpaired) electrons. The monoisotopic (exact) mass is 363 g/mol. The summed E-state index contributed by atoms with van der Waals surface area (Å²) in [6, 6.07) is 13.0. The molecule has 0 aliphatic heterocycles. The molecule has 8 heteroatoms. The molecule has 1 aromatic heterocycles. The summed E-state index contributed by atoms with van der Waals surface area (Å²) in [6.45, 7) is -0.323. The number of rotatable bonds is 5. The molecule has 0 saturated carbocycles. The first-order valence-corrected chi connectivity index (χ1v) is 8.08. The summed E-state index contributed by atoms with van der Waals surface area (Å²) in [6.07, 6.45) is 0. The van der Waals surface area contributed by atoms with Crippen molar-refractivity contribution in [3.63, 3.8) is 0 Å². The molecular formula is C16H11ClFN3O2S. The molecule has 0 unspecified atom stereocenters. The van der Waals surface area contributed by atoms with Crippen molar-refractivity contribution in [3.05, 3.63) is 59.4 Å². The van der Waals surface area contributed by atoms with E-state index in [1.807, 2.05) is 12.1 Å². The van der Waals surface area contributed by atoms with Crippen LogP contribution in [0.1, 0.15) is 0 Å². The topological polar surface area (TPSA) is 64.1 Å². The molecule has 0 fully saturated rings. The normalized spacial score (nSPS) is 10.4. The Labute approximate surface area is 146 Å². The third-order valence-electron chi connectivity index (χ3n) is 2.96. The van der Waals surface area contributed by atoms with E-state index in [1.165, 1.54) is 23.5 Å². The maximum atomic E-state index is 13.4. The van der Waals surface area contributed by atoms with Crippen molar-refractivity contribution in [1.29, 1.82) is 0 Å². The lowest BCUT2D eigenvalue weighted by Gasteiger charge is -2.05. The van der Waals surface area contributed by atoms with Crippen molar-refractivity contribution < 1.29 is 13.9 Å². The molecule has 1 N–H and O–H groups in total. The van der Waals surface area contributed by atoms with E-state index in [0.29, 0.717) is 15.2 Å². The van der Waals surface area contributed by atoms with Gasteiger partial charge in [0.05, 0.1) is 0 Å². The van der Waals surface area contributed by atoms with E-state index in [0.717, 1.165) is 5.56 Å². The van der Waals surface area contributed by atoms with E-state index in [2.05, 4.69) is 15.5 Å². The highest BCUT2D eigenvalue weighted by Gasteiger charge is 2.11. The van der Waals surface area contributed by atoms with Crippen LogP contribution in [0.25, 0.3) is 10.6 Å². The van der Waals surface area contributed by atoms with Gasteiger partial charge in [-0.3, -0.25) is 10.1 Å². The predicted octanol–water partition coefficient (Wildman–Crippen LogP) is 4.02. The predicted molar refractivity (Wildman–Crippen MR) is 90.9 cm³/mol. The van der Waals surface area contributed by atoms with Crippen molar-refractivity contribution in [2.45, 2.75) is 0 Å². The van der Waals surface area contributed by atoms with E-state index < -0.39 is 11.7 Å². The van der Waals surface area contributed by atoms with Crippen LogP contribution in [0.5, 0.6) is 5.75 Å². The van der Waals surface area contributed by atoms with Crippen molar-refractivity contribution >= 4 is 34.0 Å². The molecule has 0 atom stereocenters. The van der Waals surface area contributed by atoms with E-state index in [-0.39, 0.29) is 12.4 Å². The minimum atomic E-state index is -0.522. The summed E-state index contributed by atoms with van der Waals surface area (Å²) < 4.78 is 18.5. The highest BCUT2D eigenvalue weighted by molar-refractivity contribution is 7.18. The number of anilines is 1. The fourth-order valence-corrected chi connectivity index (χ4v) is 2.73. The minimum absolute atomic E-state index is 0.0202. The Balaban J connectivity index is 1.59. The second-order valence-electron chi connectivity index (χ2n) is 4.69. The maximum Gasteiger partial charge on any atom is 0.264 e. The molecule has 3 aromatic rings. The van der Waals surface area contributed by atoms with Gasteiger partial charge in [0.25, 0.3) is 5.91 Å². The largest absolute Gasteiger partial charge is 0.481 e. The smallest absolute Gasteiger partial charge is 0.264 e. The molecule has 0 aliphatic rings. The van der Waals surface area contributed by atoms with Gasteiger partial charge in [-0.05, 0) is 24.3 Å². The number of hydrogen-bond donors (Lipinski definition) is 1. The molecule has 122 valence electrons. The zero-order valence-corrected chi connectivity index (χ0v) is 13.8. The van der Waals surface area contributed by atoms with E-state index >= 15 is 0 Å². The Morgan fingerprint density at radius 1 is 1.17 bits per heavy atom. The summed E-state index contributed by atoms with van der Waals surface area (Å²) >= 11 is 7.06. The summed E-state index contributed by atoms with van der Waals surface area (Å²) in [4.78, 5) is 11.9. The molecule has 24 heavy (non-hydrogen) atoms. The van der Waals surface area contributed by atoms with Crippen LogP contribution in [0.2, 0.25) is 5.02 Å². The average molecular weight is 364 g/mol. The van der Waals surface area contributed by atoms with Gasteiger partial charge < -0.3 is 4.74 Å². The first-order valence-electron chi connectivity index (χ1n) is 6.88. The number of benzene rings is 2. The van der Waals surface area contributed by atoms with Gasteiger partial charge in [0.1, 0.15) is 5.01 Å².